The van der Waals surface area contributed by atoms with Crippen LogP contribution in [0.25, 0.3) is 5.65 Å². The van der Waals surface area contributed by atoms with Crippen LogP contribution in [0.5, 0.6) is 0 Å². The van der Waals surface area contributed by atoms with Gasteiger partial charge in [0.2, 0.25) is 0 Å². The molecule has 1 aliphatic heterocycles. The minimum Gasteiger partial charge on any atom is -0.391 e. The van der Waals surface area contributed by atoms with E-state index in [1.807, 2.05) is 13.0 Å². The van der Waals surface area contributed by atoms with Crippen LogP contribution in [-0.2, 0) is 0 Å². The van der Waals surface area contributed by atoms with E-state index >= 15 is 0 Å². The van der Waals surface area contributed by atoms with Gasteiger partial charge in [0, 0.05) is 18.4 Å². The highest BCUT2D eigenvalue weighted by molar-refractivity contribution is 6.00. The number of rotatable bonds is 4. The predicted molar refractivity (Wildman–Crippen MR) is 112 cm³/mol. The summed E-state index contributed by atoms with van der Waals surface area (Å²) in [4.78, 5) is 23.9. The summed E-state index contributed by atoms with van der Waals surface area (Å²) in [6.45, 7) is 2.67. The van der Waals surface area contributed by atoms with E-state index in [9.17, 15) is 14.3 Å². The summed E-state index contributed by atoms with van der Waals surface area (Å²) < 4.78 is 15.4. The van der Waals surface area contributed by atoms with Gasteiger partial charge in [-0.2, -0.15) is 5.10 Å². The number of amides is 1. The van der Waals surface area contributed by atoms with Crippen molar-refractivity contribution in [2.24, 2.45) is 0 Å². The van der Waals surface area contributed by atoms with Crippen molar-refractivity contribution in [2.75, 3.05) is 11.4 Å². The molecule has 0 spiro atoms. The molecule has 162 valence electrons. The largest absolute Gasteiger partial charge is 0.391 e. The minimum atomic E-state index is -0.511. The molecule has 0 aromatic carbocycles. The molecule has 31 heavy (non-hydrogen) atoms. The van der Waals surface area contributed by atoms with Crippen molar-refractivity contribution in [1.29, 1.82) is 0 Å². The molecule has 1 aliphatic carbocycles. The SMILES string of the molecule is Cc1ncc(F)cc1[C@H]1CCCN1c1ccn2ncc(C(=O)N[C@@H]3CCC[C@H]3O)c2n1. The van der Waals surface area contributed by atoms with Gasteiger partial charge in [-0.05, 0) is 56.7 Å². The van der Waals surface area contributed by atoms with Crippen LogP contribution in [0.4, 0.5) is 10.2 Å². The van der Waals surface area contributed by atoms with E-state index in [4.69, 9.17) is 4.98 Å². The zero-order valence-electron chi connectivity index (χ0n) is 17.3. The first-order chi connectivity index (χ1) is 15.0. The Hall–Kier alpha value is -3.07. The van der Waals surface area contributed by atoms with E-state index in [1.54, 1.807) is 16.8 Å². The zero-order valence-corrected chi connectivity index (χ0v) is 17.3. The molecular weight excluding hydrogens is 399 g/mol. The molecule has 0 unspecified atom stereocenters. The number of aliphatic hydroxyl groups is 1. The zero-order chi connectivity index (χ0) is 21.5. The second kappa shape index (κ2) is 7.88. The summed E-state index contributed by atoms with van der Waals surface area (Å²) in [6.07, 6.45) is 8.21. The lowest BCUT2D eigenvalue weighted by atomic mass is 10.0. The van der Waals surface area contributed by atoms with Gasteiger partial charge in [0.05, 0.1) is 30.6 Å². The van der Waals surface area contributed by atoms with E-state index in [-0.39, 0.29) is 23.8 Å². The second-order valence-corrected chi connectivity index (χ2v) is 8.37. The van der Waals surface area contributed by atoms with E-state index in [1.165, 1.54) is 12.4 Å². The van der Waals surface area contributed by atoms with Crippen molar-refractivity contribution in [2.45, 2.75) is 57.2 Å². The van der Waals surface area contributed by atoms with Crippen molar-refractivity contribution in [3.63, 3.8) is 0 Å². The quantitative estimate of drug-likeness (QED) is 0.668. The number of aryl methyl sites for hydroxylation is 1. The molecule has 3 aromatic heterocycles. The Kier molecular flexibility index (Phi) is 5.05. The lowest BCUT2D eigenvalue weighted by Crippen LogP contribution is -2.39. The summed E-state index contributed by atoms with van der Waals surface area (Å²) >= 11 is 0. The van der Waals surface area contributed by atoms with Crippen molar-refractivity contribution < 1.29 is 14.3 Å². The molecule has 2 N–H and O–H groups in total. The van der Waals surface area contributed by atoms with Crippen LogP contribution in [0.2, 0.25) is 0 Å². The topological polar surface area (TPSA) is 95.7 Å². The van der Waals surface area contributed by atoms with E-state index in [0.29, 0.717) is 23.4 Å². The number of nitrogens with one attached hydrogen (secondary N) is 1. The summed E-state index contributed by atoms with van der Waals surface area (Å²) in [5, 5.41) is 17.2. The van der Waals surface area contributed by atoms with Crippen LogP contribution in [-0.4, -0.2) is 49.3 Å². The lowest BCUT2D eigenvalue weighted by molar-refractivity contribution is 0.0874. The first kappa shape index (κ1) is 19.9. The van der Waals surface area contributed by atoms with Gasteiger partial charge in [-0.1, -0.05) is 0 Å². The maximum Gasteiger partial charge on any atom is 0.257 e. The lowest BCUT2D eigenvalue weighted by Gasteiger charge is -2.27. The fourth-order valence-electron chi connectivity index (χ4n) is 4.76. The number of fused-ring (bicyclic) bond motifs is 1. The highest BCUT2D eigenvalue weighted by Gasteiger charge is 2.31. The van der Waals surface area contributed by atoms with Crippen molar-refractivity contribution >= 4 is 17.4 Å². The Balaban J connectivity index is 1.46. The second-order valence-electron chi connectivity index (χ2n) is 8.37. The van der Waals surface area contributed by atoms with Crippen LogP contribution < -0.4 is 10.2 Å². The average molecular weight is 424 g/mol. The molecule has 0 radical (unpaired) electrons. The molecule has 0 bridgehead atoms. The van der Waals surface area contributed by atoms with E-state index < -0.39 is 6.10 Å². The van der Waals surface area contributed by atoms with E-state index in [0.717, 1.165) is 43.5 Å². The summed E-state index contributed by atoms with van der Waals surface area (Å²) in [5.41, 5.74) is 2.50. The predicted octanol–water partition coefficient (Wildman–Crippen LogP) is 2.56. The molecule has 2 aliphatic rings. The van der Waals surface area contributed by atoms with Gasteiger partial charge in [0.25, 0.3) is 5.91 Å². The third-order valence-corrected chi connectivity index (χ3v) is 6.39. The number of hydrogen-bond acceptors (Lipinski definition) is 6. The molecule has 9 heteroatoms. The van der Waals surface area contributed by atoms with E-state index in [2.05, 4.69) is 20.3 Å². The number of carbonyl (C=O) groups excluding carboxylic acids is 1. The summed E-state index contributed by atoms with van der Waals surface area (Å²) in [5.74, 6) is 0.0857. The molecule has 8 nitrogen and oxygen atoms in total. The third kappa shape index (κ3) is 3.63. The molecular formula is C22H25FN6O2. The maximum absolute atomic E-state index is 13.9. The average Bonchev–Trinajstić information content (AvgIpc) is 3.49. The number of aromatic nitrogens is 4. The molecule has 2 fully saturated rings. The molecule has 3 aromatic rings. The van der Waals surface area contributed by atoms with Gasteiger partial charge in [-0.3, -0.25) is 9.78 Å². The molecule has 3 atom stereocenters. The number of pyridine rings is 1. The number of nitrogens with zero attached hydrogens (tertiary/aromatic N) is 5. The molecule has 4 heterocycles. The Labute approximate surface area is 179 Å². The van der Waals surface area contributed by atoms with Gasteiger partial charge in [0.15, 0.2) is 5.65 Å². The first-order valence-corrected chi connectivity index (χ1v) is 10.7. The molecule has 5 rings (SSSR count). The fourth-order valence-corrected chi connectivity index (χ4v) is 4.76. The van der Waals surface area contributed by atoms with Gasteiger partial charge in [-0.15, -0.1) is 0 Å². The van der Waals surface area contributed by atoms with Crippen LogP contribution >= 0.6 is 0 Å². The molecule has 1 saturated heterocycles. The first-order valence-electron chi connectivity index (χ1n) is 10.7. The monoisotopic (exact) mass is 424 g/mol. The Morgan fingerprint density at radius 1 is 1.26 bits per heavy atom. The smallest absolute Gasteiger partial charge is 0.257 e. The van der Waals surface area contributed by atoms with Crippen LogP contribution in [0, 0.1) is 12.7 Å². The van der Waals surface area contributed by atoms with Crippen LogP contribution in [0.15, 0.2) is 30.7 Å². The van der Waals surface area contributed by atoms with Crippen molar-refractivity contribution in [1.82, 2.24) is 24.9 Å². The van der Waals surface area contributed by atoms with Gasteiger partial charge >= 0.3 is 0 Å². The fraction of sp³-hybridized carbons (Fsp3) is 0.455. The van der Waals surface area contributed by atoms with Gasteiger partial charge in [0.1, 0.15) is 17.2 Å². The number of aliphatic hydroxyl groups excluding tert-OH is 1. The Morgan fingerprint density at radius 3 is 2.94 bits per heavy atom. The minimum absolute atomic E-state index is 0.0213. The highest BCUT2D eigenvalue weighted by atomic mass is 19.1. The van der Waals surface area contributed by atoms with Crippen molar-refractivity contribution in [3.05, 3.63) is 53.4 Å². The van der Waals surface area contributed by atoms with Crippen LogP contribution in [0.3, 0.4) is 0 Å². The summed E-state index contributed by atoms with van der Waals surface area (Å²) in [7, 11) is 0. The number of hydrogen-bond donors (Lipinski definition) is 2. The normalized spacial score (nSPS) is 23.6. The van der Waals surface area contributed by atoms with Gasteiger partial charge < -0.3 is 15.3 Å². The third-order valence-electron chi connectivity index (χ3n) is 6.39. The van der Waals surface area contributed by atoms with Crippen LogP contribution in [0.1, 0.15) is 59.8 Å². The highest BCUT2D eigenvalue weighted by Crippen LogP contribution is 2.36. The van der Waals surface area contributed by atoms with Gasteiger partial charge in [-0.25, -0.2) is 13.9 Å². The maximum atomic E-state index is 13.9. The molecule has 1 amide bonds. The Morgan fingerprint density at radius 2 is 2.13 bits per heavy atom. The molecule has 1 saturated carbocycles. The number of anilines is 1. The Bertz CT molecular complexity index is 1130. The summed E-state index contributed by atoms with van der Waals surface area (Å²) in [6, 6.07) is 3.15. The standard InChI is InChI=1S/C22H25FN6O2/c1-13-15(10-14(23)11-24-13)18-5-3-8-28(18)20-7-9-29-21(27-20)16(12-25-29)22(31)26-17-4-2-6-19(17)30/h7,9-12,17-19,30H,2-6,8H2,1H3,(H,26,31)/t17-,18-,19-/m1/s1. The number of halogens is 1. The number of carbonyl (C=O) groups is 1. The van der Waals surface area contributed by atoms with Crippen molar-refractivity contribution in [3.8, 4) is 0 Å².